The van der Waals surface area contributed by atoms with Crippen molar-refractivity contribution in [1.29, 1.82) is 0 Å². The normalized spacial score (nSPS) is 20.1. The molecule has 2 aliphatic heterocycles. The van der Waals surface area contributed by atoms with Crippen LogP contribution in [0.4, 0.5) is 18.9 Å². The molecule has 0 unspecified atom stereocenters. The van der Waals surface area contributed by atoms with Crippen molar-refractivity contribution in [2.75, 3.05) is 45.2 Å². The Hall–Kier alpha value is -3.56. The van der Waals surface area contributed by atoms with E-state index in [0.717, 1.165) is 17.3 Å². The van der Waals surface area contributed by atoms with Gasteiger partial charge in [-0.25, -0.2) is 0 Å². The van der Waals surface area contributed by atoms with Crippen LogP contribution in [-0.2, 0) is 6.18 Å². The van der Waals surface area contributed by atoms with Gasteiger partial charge < -0.3 is 14.7 Å². The van der Waals surface area contributed by atoms with Crippen LogP contribution in [0, 0.1) is 11.8 Å². The number of carbonyl (C=O) groups is 1. The van der Waals surface area contributed by atoms with Crippen LogP contribution < -0.4 is 4.90 Å². The van der Waals surface area contributed by atoms with Crippen LogP contribution in [0.2, 0.25) is 0 Å². The van der Waals surface area contributed by atoms with Gasteiger partial charge in [-0.1, -0.05) is 18.7 Å². The number of rotatable bonds is 4. The molecule has 0 bridgehead atoms. The zero-order valence-electron chi connectivity index (χ0n) is 19.0. The van der Waals surface area contributed by atoms with E-state index in [1.54, 1.807) is 32.5 Å². The first-order chi connectivity index (χ1) is 16.1. The number of fused-ring (bicyclic) bond motifs is 2. The van der Waals surface area contributed by atoms with Crippen molar-refractivity contribution in [1.82, 2.24) is 24.4 Å². The van der Waals surface area contributed by atoms with Gasteiger partial charge in [0, 0.05) is 75.3 Å². The third kappa shape index (κ3) is 3.76. The molecule has 7 nitrogen and oxygen atoms in total. The standard InChI is InChI=1S/C24H25F3N6O/c1-15(30(2)3)16-8-9-21-28-29-22(33(21)14-16)23(34)32-12-17-10-31(11-18(17)13-32)20-7-5-4-6-19(20)24(25,26)27/h4-9,14,17-18H,1,10-13H2,2-3H3/t17-,18+. The van der Waals surface area contributed by atoms with Gasteiger partial charge in [0.25, 0.3) is 5.91 Å². The first-order valence-electron chi connectivity index (χ1n) is 11.1. The quantitative estimate of drug-likeness (QED) is 0.585. The van der Waals surface area contributed by atoms with Gasteiger partial charge in [0.15, 0.2) is 5.65 Å². The van der Waals surface area contributed by atoms with E-state index in [-0.39, 0.29) is 29.3 Å². The summed E-state index contributed by atoms with van der Waals surface area (Å²) < 4.78 is 42.1. The lowest BCUT2D eigenvalue weighted by atomic mass is 10.0. The highest BCUT2D eigenvalue weighted by Gasteiger charge is 2.44. The predicted molar refractivity (Wildman–Crippen MR) is 122 cm³/mol. The third-order valence-electron chi connectivity index (χ3n) is 6.79. The molecule has 0 N–H and O–H groups in total. The zero-order valence-corrected chi connectivity index (χ0v) is 19.0. The van der Waals surface area contributed by atoms with E-state index in [0.29, 0.717) is 31.8 Å². The number of benzene rings is 1. The van der Waals surface area contributed by atoms with Crippen molar-refractivity contribution in [2.45, 2.75) is 6.18 Å². The molecule has 1 aromatic carbocycles. The Balaban J connectivity index is 1.33. The molecule has 0 spiro atoms. The van der Waals surface area contributed by atoms with Crippen LogP contribution in [0.15, 0.2) is 49.2 Å². The van der Waals surface area contributed by atoms with Crippen molar-refractivity contribution in [3.63, 3.8) is 0 Å². The molecule has 4 heterocycles. The lowest BCUT2D eigenvalue weighted by Crippen LogP contribution is -2.34. The fourth-order valence-electron chi connectivity index (χ4n) is 4.95. The molecule has 5 rings (SSSR count). The van der Waals surface area contributed by atoms with Gasteiger partial charge in [0.05, 0.1) is 5.56 Å². The van der Waals surface area contributed by atoms with Gasteiger partial charge in [0.1, 0.15) is 0 Å². The average Bonchev–Trinajstić information content (AvgIpc) is 3.50. The molecule has 2 fully saturated rings. The number of anilines is 1. The Kier molecular flexibility index (Phi) is 5.26. The summed E-state index contributed by atoms with van der Waals surface area (Å²) in [5, 5.41) is 8.24. The molecule has 178 valence electrons. The van der Waals surface area contributed by atoms with Crippen LogP contribution in [0.1, 0.15) is 21.7 Å². The van der Waals surface area contributed by atoms with Gasteiger partial charge in [-0.15, -0.1) is 10.2 Å². The van der Waals surface area contributed by atoms with Gasteiger partial charge in [-0.05, 0) is 24.3 Å². The summed E-state index contributed by atoms with van der Waals surface area (Å²) in [4.78, 5) is 18.7. The van der Waals surface area contributed by atoms with Crippen molar-refractivity contribution < 1.29 is 18.0 Å². The van der Waals surface area contributed by atoms with Crippen molar-refractivity contribution in [2.24, 2.45) is 11.8 Å². The number of alkyl halides is 3. The van der Waals surface area contributed by atoms with Gasteiger partial charge in [-0.3, -0.25) is 9.20 Å². The Labute approximate surface area is 195 Å². The minimum atomic E-state index is -4.40. The second kappa shape index (κ2) is 8.03. The first kappa shape index (κ1) is 22.2. The molecule has 0 saturated carbocycles. The molecule has 3 aromatic rings. The monoisotopic (exact) mass is 470 g/mol. The van der Waals surface area contributed by atoms with Crippen LogP contribution in [-0.4, -0.2) is 70.6 Å². The summed E-state index contributed by atoms with van der Waals surface area (Å²) in [6, 6.07) is 9.36. The van der Waals surface area contributed by atoms with Gasteiger partial charge in [-0.2, -0.15) is 13.2 Å². The third-order valence-corrected chi connectivity index (χ3v) is 6.79. The number of para-hydroxylation sites is 1. The minimum absolute atomic E-state index is 0.105. The number of carbonyl (C=O) groups excluding carboxylic acids is 1. The van der Waals surface area contributed by atoms with E-state index in [2.05, 4.69) is 16.8 Å². The van der Waals surface area contributed by atoms with E-state index in [1.807, 2.05) is 25.1 Å². The molecule has 2 saturated heterocycles. The van der Waals surface area contributed by atoms with E-state index < -0.39 is 11.7 Å². The summed E-state index contributed by atoms with van der Waals surface area (Å²) in [5.41, 5.74) is 1.80. The highest BCUT2D eigenvalue weighted by molar-refractivity contribution is 5.91. The molecule has 0 radical (unpaired) electrons. The summed E-state index contributed by atoms with van der Waals surface area (Å²) >= 11 is 0. The van der Waals surface area contributed by atoms with Gasteiger partial charge >= 0.3 is 6.18 Å². The molecule has 10 heteroatoms. The predicted octanol–water partition coefficient (Wildman–Crippen LogP) is 3.49. The maximum absolute atomic E-state index is 13.5. The number of amides is 1. The van der Waals surface area contributed by atoms with Crippen molar-refractivity contribution in [3.05, 3.63) is 66.1 Å². The molecule has 2 aliphatic rings. The number of likely N-dealkylation sites (tertiary alicyclic amines) is 1. The van der Waals surface area contributed by atoms with Crippen LogP contribution in [0.25, 0.3) is 11.3 Å². The number of pyridine rings is 1. The smallest absolute Gasteiger partial charge is 0.378 e. The van der Waals surface area contributed by atoms with Crippen LogP contribution >= 0.6 is 0 Å². The zero-order chi connectivity index (χ0) is 24.2. The lowest BCUT2D eigenvalue weighted by molar-refractivity contribution is -0.137. The molecular weight excluding hydrogens is 445 g/mol. The fourth-order valence-corrected chi connectivity index (χ4v) is 4.95. The Bertz CT molecular complexity index is 1250. The van der Waals surface area contributed by atoms with E-state index >= 15 is 0 Å². The number of hydrogen-bond acceptors (Lipinski definition) is 5. The Morgan fingerprint density at radius 3 is 2.35 bits per heavy atom. The first-order valence-corrected chi connectivity index (χ1v) is 11.1. The fraction of sp³-hybridized carbons (Fsp3) is 0.375. The number of hydrogen-bond donors (Lipinski definition) is 0. The number of halogens is 3. The Morgan fingerprint density at radius 1 is 1.03 bits per heavy atom. The number of nitrogens with zero attached hydrogens (tertiary/aromatic N) is 6. The van der Waals surface area contributed by atoms with E-state index in [4.69, 9.17) is 0 Å². The highest BCUT2D eigenvalue weighted by atomic mass is 19.4. The number of aromatic nitrogens is 3. The second-order valence-corrected chi connectivity index (χ2v) is 9.16. The average molecular weight is 470 g/mol. The molecule has 1 amide bonds. The second-order valence-electron chi connectivity index (χ2n) is 9.16. The topological polar surface area (TPSA) is 57.0 Å². The summed E-state index contributed by atoms with van der Waals surface area (Å²) in [7, 11) is 3.79. The SMILES string of the molecule is C=C(c1ccc2nnc(C(=O)N3C[C@@H]4CN(c5ccccc5C(F)(F)F)C[C@@H]4C3)n2c1)N(C)C. The molecule has 2 atom stereocenters. The summed E-state index contributed by atoms with van der Waals surface area (Å²) in [6.07, 6.45) is -2.60. The van der Waals surface area contributed by atoms with E-state index in [1.165, 1.54) is 12.1 Å². The minimum Gasteiger partial charge on any atom is -0.378 e. The van der Waals surface area contributed by atoms with Crippen LogP contribution in [0.5, 0.6) is 0 Å². The van der Waals surface area contributed by atoms with Gasteiger partial charge in [0.2, 0.25) is 5.82 Å². The van der Waals surface area contributed by atoms with Crippen molar-refractivity contribution in [3.8, 4) is 0 Å². The van der Waals surface area contributed by atoms with E-state index in [9.17, 15) is 18.0 Å². The summed E-state index contributed by atoms with van der Waals surface area (Å²) in [6.45, 7) is 5.98. The van der Waals surface area contributed by atoms with Crippen LogP contribution in [0.3, 0.4) is 0 Å². The maximum atomic E-state index is 13.5. The summed E-state index contributed by atoms with van der Waals surface area (Å²) in [5.74, 6) is 0.210. The maximum Gasteiger partial charge on any atom is 0.418 e. The Morgan fingerprint density at radius 2 is 1.71 bits per heavy atom. The molecule has 34 heavy (non-hydrogen) atoms. The highest BCUT2D eigenvalue weighted by Crippen LogP contribution is 2.41. The molecular formula is C24H25F3N6O. The largest absolute Gasteiger partial charge is 0.418 e. The lowest BCUT2D eigenvalue weighted by Gasteiger charge is -2.25. The van der Waals surface area contributed by atoms with Crippen molar-refractivity contribution >= 4 is 22.9 Å². The molecule has 2 aromatic heterocycles. The molecule has 0 aliphatic carbocycles.